The van der Waals surface area contributed by atoms with Crippen LogP contribution < -0.4 is 10.5 Å². The van der Waals surface area contributed by atoms with Crippen molar-refractivity contribution in [1.82, 2.24) is 0 Å². The van der Waals surface area contributed by atoms with Crippen molar-refractivity contribution in [3.63, 3.8) is 0 Å². The van der Waals surface area contributed by atoms with E-state index in [1.165, 1.54) is 0 Å². The predicted octanol–water partition coefficient (Wildman–Crippen LogP) is 4.67. The molecule has 0 aliphatic rings. The van der Waals surface area contributed by atoms with Crippen molar-refractivity contribution in [3.8, 4) is 17.2 Å². The van der Waals surface area contributed by atoms with E-state index in [9.17, 15) is 9.90 Å². The van der Waals surface area contributed by atoms with Crippen molar-refractivity contribution in [2.24, 2.45) is 5.73 Å². The number of halogens is 4. The van der Waals surface area contributed by atoms with E-state index in [0.29, 0.717) is 12.2 Å². The summed E-state index contributed by atoms with van der Waals surface area (Å²) in [6.07, 6.45) is 1.26. The SMILES string of the molecule is N[C@H](C=O)Cc1cc(I)c(Oc2cc(I)c(O)c(I)c2)c(I)c1. The van der Waals surface area contributed by atoms with Crippen LogP contribution in [-0.4, -0.2) is 17.4 Å². The molecule has 2 aromatic carbocycles. The third-order valence-corrected chi connectivity index (χ3v) is 6.16. The van der Waals surface area contributed by atoms with Crippen molar-refractivity contribution in [2.75, 3.05) is 0 Å². The van der Waals surface area contributed by atoms with Gasteiger partial charge in [0.15, 0.2) is 5.75 Å². The molecule has 0 bridgehead atoms. The Labute approximate surface area is 188 Å². The molecule has 3 N–H and O–H groups in total. The third-order valence-electron chi connectivity index (χ3n) is 2.91. The second kappa shape index (κ2) is 8.80. The zero-order valence-corrected chi connectivity index (χ0v) is 20.2. The van der Waals surface area contributed by atoms with E-state index in [4.69, 9.17) is 10.5 Å². The molecule has 0 heterocycles. The lowest BCUT2D eigenvalue weighted by Crippen LogP contribution is -2.24. The molecular weight excluding hydrogens is 750 g/mol. The number of phenols is 1. The molecule has 2 rings (SSSR count). The minimum atomic E-state index is -0.492. The molecule has 0 spiro atoms. The van der Waals surface area contributed by atoms with Gasteiger partial charge in [0.2, 0.25) is 0 Å². The Kier molecular flexibility index (Phi) is 7.62. The van der Waals surface area contributed by atoms with Gasteiger partial charge in [0, 0.05) is 0 Å². The minimum Gasteiger partial charge on any atom is -0.506 e. The molecule has 0 fully saturated rings. The van der Waals surface area contributed by atoms with Crippen LogP contribution in [0, 0.1) is 14.3 Å². The number of nitrogens with two attached hydrogens (primary N) is 1. The van der Waals surface area contributed by atoms with Crippen LogP contribution in [-0.2, 0) is 11.2 Å². The van der Waals surface area contributed by atoms with E-state index in [1.807, 2.05) is 12.1 Å². The molecule has 0 saturated carbocycles. The van der Waals surface area contributed by atoms with Gasteiger partial charge in [0.1, 0.15) is 17.8 Å². The lowest BCUT2D eigenvalue weighted by Gasteiger charge is -2.14. The van der Waals surface area contributed by atoms with Crippen LogP contribution in [0.5, 0.6) is 17.2 Å². The van der Waals surface area contributed by atoms with Crippen molar-refractivity contribution in [3.05, 3.63) is 44.1 Å². The highest BCUT2D eigenvalue weighted by Crippen LogP contribution is 2.36. The number of rotatable bonds is 5. The molecular formula is C15H11I4NO3. The van der Waals surface area contributed by atoms with Gasteiger partial charge in [-0.3, -0.25) is 0 Å². The normalized spacial score (nSPS) is 12.0. The first-order valence-corrected chi connectivity index (χ1v) is 10.7. The van der Waals surface area contributed by atoms with Gasteiger partial charge in [-0.25, -0.2) is 0 Å². The summed E-state index contributed by atoms with van der Waals surface area (Å²) in [5, 5.41) is 9.84. The average molecular weight is 761 g/mol. The fraction of sp³-hybridized carbons (Fsp3) is 0.133. The molecule has 2 aromatic rings. The van der Waals surface area contributed by atoms with Gasteiger partial charge in [-0.05, 0) is 127 Å². The standard InChI is InChI=1S/C15H11I4NO3/c16-10-4-9(5-11(17)14(10)22)23-15-12(18)2-7(3-13(15)19)1-8(20)6-21/h2-6,8,22H,1,20H2/t8-/m0/s1. The highest BCUT2D eigenvalue weighted by Gasteiger charge is 2.14. The van der Waals surface area contributed by atoms with Crippen molar-refractivity contribution < 1.29 is 14.6 Å². The number of carbonyl (C=O) groups excluding carboxylic acids is 1. The monoisotopic (exact) mass is 761 g/mol. The summed E-state index contributed by atoms with van der Waals surface area (Å²) in [5.74, 6) is 1.69. The van der Waals surface area contributed by atoms with Gasteiger partial charge in [0.25, 0.3) is 0 Å². The summed E-state index contributed by atoms with van der Waals surface area (Å²) in [7, 11) is 0. The summed E-state index contributed by atoms with van der Waals surface area (Å²) >= 11 is 8.56. The Balaban J connectivity index is 2.32. The lowest BCUT2D eigenvalue weighted by atomic mass is 10.1. The van der Waals surface area contributed by atoms with E-state index in [0.717, 1.165) is 31.9 Å². The summed E-state index contributed by atoms with van der Waals surface area (Å²) < 4.78 is 9.37. The molecule has 4 nitrogen and oxygen atoms in total. The fourth-order valence-corrected chi connectivity index (χ4v) is 5.70. The largest absolute Gasteiger partial charge is 0.506 e. The molecule has 23 heavy (non-hydrogen) atoms. The first-order valence-electron chi connectivity index (χ1n) is 6.36. The van der Waals surface area contributed by atoms with Crippen LogP contribution in [0.3, 0.4) is 0 Å². The van der Waals surface area contributed by atoms with Crippen molar-refractivity contribution in [1.29, 1.82) is 0 Å². The van der Waals surface area contributed by atoms with E-state index in [1.54, 1.807) is 12.1 Å². The molecule has 0 radical (unpaired) electrons. The second-order valence-corrected chi connectivity index (χ2v) is 9.38. The van der Waals surface area contributed by atoms with Gasteiger partial charge in [-0.15, -0.1) is 0 Å². The summed E-state index contributed by atoms with van der Waals surface area (Å²) in [5.41, 5.74) is 6.69. The third kappa shape index (κ3) is 5.28. The number of hydrogen-bond donors (Lipinski definition) is 2. The zero-order chi connectivity index (χ0) is 17.1. The molecule has 0 amide bonds. The molecule has 0 aliphatic heterocycles. The van der Waals surface area contributed by atoms with E-state index in [2.05, 4.69) is 90.4 Å². The summed E-state index contributed by atoms with van der Waals surface area (Å²) in [6, 6.07) is 7.03. The van der Waals surface area contributed by atoms with E-state index in [-0.39, 0.29) is 5.75 Å². The molecule has 122 valence electrons. The molecule has 0 unspecified atom stereocenters. The van der Waals surface area contributed by atoms with Gasteiger partial charge in [-0.1, -0.05) is 0 Å². The number of hydrogen-bond acceptors (Lipinski definition) is 4. The van der Waals surface area contributed by atoms with Gasteiger partial charge in [0.05, 0.1) is 20.3 Å². The predicted molar refractivity (Wildman–Crippen MR) is 123 cm³/mol. The first-order chi connectivity index (χ1) is 10.8. The van der Waals surface area contributed by atoms with Gasteiger partial charge < -0.3 is 20.4 Å². The lowest BCUT2D eigenvalue weighted by molar-refractivity contribution is -0.108. The number of carbonyl (C=O) groups is 1. The van der Waals surface area contributed by atoms with Crippen LogP contribution in [0.1, 0.15) is 5.56 Å². The quantitative estimate of drug-likeness (QED) is 0.344. The number of benzene rings is 2. The maximum Gasteiger partial charge on any atom is 0.154 e. The van der Waals surface area contributed by atoms with Crippen LogP contribution in [0.4, 0.5) is 0 Å². The van der Waals surface area contributed by atoms with Crippen LogP contribution in [0.15, 0.2) is 24.3 Å². The number of aromatic hydroxyl groups is 1. The van der Waals surface area contributed by atoms with Crippen LogP contribution in [0.2, 0.25) is 0 Å². The average Bonchev–Trinajstić information content (AvgIpc) is 2.48. The second-order valence-electron chi connectivity index (χ2n) is 4.73. The van der Waals surface area contributed by atoms with Crippen molar-refractivity contribution in [2.45, 2.75) is 12.5 Å². The van der Waals surface area contributed by atoms with E-state index < -0.39 is 6.04 Å². The Morgan fingerprint density at radius 1 is 1.04 bits per heavy atom. The number of phenolic OH excluding ortho intramolecular Hbond substituents is 1. The zero-order valence-electron chi connectivity index (χ0n) is 11.5. The van der Waals surface area contributed by atoms with Gasteiger partial charge in [-0.2, -0.15) is 0 Å². The molecule has 0 saturated heterocycles. The molecule has 1 atom stereocenters. The van der Waals surface area contributed by atoms with Crippen LogP contribution in [0.25, 0.3) is 0 Å². The summed E-state index contributed by atoms with van der Waals surface area (Å²) in [6.45, 7) is 0. The van der Waals surface area contributed by atoms with Crippen LogP contribution >= 0.6 is 90.4 Å². The maximum absolute atomic E-state index is 10.7. The maximum atomic E-state index is 10.7. The highest BCUT2D eigenvalue weighted by atomic mass is 127. The number of ether oxygens (including phenoxy) is 1. The fourth-order valence-electron chi connectivity index (χ4n) is 1.87. The smallest absolute Gasteiger partial charge is 0.154 e. The molecule has 0 aromatic heterocycles. The Bertz CT molecular complexity index is 705. The Morgan fingerprint density at radius 3 is 2.04 bits per heavy atom. The number of aldehydes is 1. The molecule has 0 aliphatic carbocycles. The first kappa shape index (κ1) is 19.9. The highest BCUT2D eigenvalue weighted by molar-refractivity contribution is 14.1. The van der Waals surface area contributed by atoms with Crippen molar-refractivity contribution >= 4 is 96.6 Å². The summed E-state index contributed by atoms with van der Waals surface area (Å²) in [4.78, 5) is 10.7. The molecule has 8 heteroatoms. The minimum absolute atomic E-state index is 0.265. The van der Waals surface area contributed by atoms with E-state index >= 15 is 0 Å². The Hall–Kier alpha value is 0.590. The van der Waals surface area contributed by atoms with Gasteiger partial charge >= 0.3 is 0 Å². The topological polar surface area (TPSA) is 72.6 Å². The Morgan fingerprint density at radius 2 is 1.57 bits per heavy atom.